The summed E-state index contributed by atoms with van der Waals surface area (Å²) in [6.07, 6.45) is 6.78. The molecule has 2 aliphatic carbocycles. The highest BCUT2D eigenvalue weighted by atomic mass is 35.5. The van der Waals surface area contributed by atoms with Gasteiger partial charge in [-0.15, -0.1) is 0 Å². The summed E-state index contributed by atoms with van der Waals surface area (Å²) in [6.45, 7) is 0. The van der Waals surface area contributed by atoms with Crippen LogP contribution in [0.25, 0.3) is 11.3 Å². The lowest BCUT2D eigenvalue weighted by atomic mass is 9.95. The predicted molar refractivity (Wildman–Crippen MR) is 131 cm³/mol. The predicted octanol–water partition coefficient (Wildman–Crippen LogP) is 4.95. The molecular weight excluding hydrogens is 450 g/mol. The van der Waals surface area contributed by atoms with Crippen molar-refractivity contribution < 1.29 is 9.59 Å². The molecule has 6 rings (SSSR count). The summed E-state index contributed by atoms with van der Waals surface area (Å²) in [7, 11) is 0. The van der Waals surface area contributed by atoms with Crippen LogP contribution in [0.3, 0.4) is 0 Å². The number of aromatic nitrogens is 2. The number of rotatable bonds is 4. The van der Waals surface area contributed by atoms with Crippen LogP contribution < -0.4 is 16.0 Å². The van der Waals surface area contributed by atoms with Gasteiger partial charge in [0.1, 0.15) is 0 Å². The molecule has 2 amide bonds. The molecule has 34 heavy (non-hydrogen) atoms. The van der Waals surface area contributed by atoms with Crippen LogP contribution >= 0.6 is 11.6 Å². The number of benzene rings is 2. The van der Waals surface area contributed by atoms with E-state index in [9.17, 15) is 9.59 Å². The average Bonchev–Trinajstić information content (AvgIpc) is 3.41. The van der Waals surface area contributed by atoms with Crippen molar-refractivity contribution >= 4 is 40.7 Å². The Hall–Kier alpha value is -3.45. The van der Waals surface area contributed by atoms with E-state index in [1.54, 1.807) is 18.3 Å². The first kappa shape index (κ1) is 21.1. The van der Waals surface area contributed by atoms with Crippen molar-refractivity contribution in [3.8, 4) is 11.3 Å². The normalized spacial score (nSPS) is 22.4. The molecule has 0 spiro atoms. The molecule has 2 heterocycles. The van der Waals surface area contributed by atoms with E-state index in [1.807, 2.05) is 30.3 Å². The summed E-state index contributed by atoms with van der Waals surface area (Å²) in [5.74, 6) is 1.70. The molecule has 1 aromatic heterocycles. The first-order chi connectivity index (χ1) is 16.5. The molecule has 3 N–H and O–H groups in total. The molecule has 2 bridgehead atoms. The SMILES string of the molecule is O=C1Cc2cnc(Nc3ccc(C(=O)N[C@@H]4CC5CC[C@H]4C5)cc3)nc2-c2ccc(Cl)cc2N1. The maximum absolute atomic E-state index is 12.7. The second-order valence-electron chi connectivity index (χ2n) is 9.44. The number of hydrogen-bond donors (Lipinski definition) is 3. The standard InChI is InChI=1S/C26H24ClN5O2/c27-18-5-8-20-22(12-18)30-23(33)11-17-13-28-26(32-24(17)20)29-19-6-3-15(4-7-19)25(34)31-21-10-14-1-2-16(21)9-14/h3-8,12-14,16,21H,1-2,9-11H2,(H,30,33)(H,31,34)(H,28,29,32)/t14?,16-,21+/m0/s1. The lowest BCUT2D eigenvalue weighted by Gasteiger charge is -2.22. The van der Waals surface area contributed by atoms with Crippen LogP contribution in [0.1, 0.15) is 41.6 Å². The van der Waals surface area contributed by atoms with Gasteiger partial charge in [-0.3, -0.25) is 9.59 Å². The Balaban J connectivity index is 1.19. The van der Waals surface area contributed by atoms with Crippen molar-refractivity contribution in [2.45, 2.75) is 38.1 Å². The van der Waals surface area contributed by atoms with Gasteiger partial charge in [0.15, 0.2) is 0 Å². The number of carbonyl (C=O) groups excluding carboxylic acids is 2. The van der Waals surface area contributed by atoms with Crippen LogP contribution in [0, 0.1) is 11.8 Å². The van der Waals surface area contributed by atoms with Gasteiger partial charge in [-0.2, -0.15) is 0 Å². The van der Waals surface area contributed by atoms with E-state index >= 15 is 0 Å². The van der Waals surface area contributed by atoms with Crippen LogP contribution in [0.15, 0.2) is 48.7 Å². The number of nitrogens with one attached hydrogen (secondary N) is 3. The van der Waals surface area contributed by atoms with Gasteiger partial charge in [-0.05, 0) is 73.6 Å². The number of nitrogens with zero attached hydrogens (tertiary/aromatic N) is 2. The van der Waals surface area contributed by atoms with E-state index in [1.165, 1.54) is 19.3 Å². The molecule has 3 atom stereocenters. The van der Waals surface area contributed by atoms with E-state index in [-0.39, 0.29) is 18.2 Å². The van der Waals surface area contributed by atoms with Crippen LogP contribution in [0.2, 0.25) is 5.02 Å². The molecule has 1 unspecified atom stereocenters. The zero-order valence-corrected chi connectivity index (χ0v) is 19.2. The number of hydrogen-bond acceptors (Lipinski definition) is 5. The Morgan fingerprint density at radius 2 is 1.94 bits per heavy atom. The Labute approximate surface area is 202 Å². The van der Waals surface area contributed by atoms with Gasteiger partial charge in [-0.25, -0.2) is 9.97 Å². The summed E-state index contributed by atoms with van der Waals surface area (Å²) in [6, 6.07) is 13.0. The third-order valence-corrected chi connectivity index (χ3v) is 7.42. The molecule has 0 saturated heterocycles. The molecular formula is C26H24ClN5O2. The molecule has 2 saturated carbocycles. The van der Waals surface area contributed by atoms with Gasteiger partial charge >= 0.3 is 0 Å². The van der Waals surface area contributed by atoms with Crippen LogP contribution in [0.5, 0.6) is 0 Å². The Bertz CT molecular complexity index is 1290. The molecule has 1 aliphatic heterocycles. The highest BCUT2D eigenvalue weighted by Gasteiger charge is 2.40. The third kappa shape index (κ3) is 4.01. The number of fused-ring (bicyclic) bond motifs is 5. The van der Waals surface area contributed by atoms with E-state index in [0.29, 0.717) is 39.9 Å². The van der Waals surface area contributed by atoms with Crippen molar-refractivity contribution in [1.29, 1.82) is 0 Å². The first-order valence-electron chi connectivity index (χ1n) is 11.7. The van der Waals surface area contributed by atoms with Crippen molar-refractivity contribution in [2.75, 3.05) is 10.6 Å². The molecule has 3 aromatic rings. The Morgan fingerprint density at radius 1 is 1.09 bits per heavy atom. The van der Waals surface area contributed by atoms with Crippen LogP contribution in [0.4, 0.5) is 17.3 Å². The second-order valence-corrected chi connectivity index (χ2v) is 9.88. The van der Waals surface area contributed by atoms with Crippen molar-refractivity contribution in [3.05, 3.63) is 64.8 Å². The van der Waals surface area contributed by atoms with Gasteiger partial charge < -0.3 is 16.0 Å². The maximum Gasteiger partial charge on any atom is 0.251 e. The maximum atomic E-state index is 12.7. The molecule has 2 fully saturated rings. The quantitative estimate of drug-likeness (QED) is 0.498. The zero-order chi connectivity index (χ0) is 23.2. The Morgan fingerprint density at radius 3 is 2.71 bits per heavy atom. The van der Waals surface area contributed by atoms with Crippen LogP contribution in [-0.2, 0) is 11.2 Å². The number of anilines is 3. The van der Waals surface area contributed by atoms with E-state index in [0.717, 1.165) is 29.2 Å². The third-order valence-electron chi connectivity index (χ3n) is 7.18. The van der Waals surface area contributed by atoms with E-state index < -0.39 is 0 Å². The number of amides is 2. The van der Waals surface area contributed by atoms with Gasteiger partial charge in [0.25, 0.3) is 5.91 Å². The molecule has 3 aliphatic rings. The molecule has 8 heteroatoms. The fourth-order valence-electron chi connectivity index (χ4n) is 5.53. The minimum Gasteiger partial charge on any atom is -0.349 e. The second kappa shape index (κ2) is 8.40. The summed E-state index contributed by atoms with van der Waals surface area (Å²) in [4.78, 5) is 34.1. The van der Waals surface area contributed by atoms with Crippen molar-refractivity contribution in [1.82, 2.24) is 15.3 Å². The highest BCUT2D eigenvalue weighted by Crippen LogP contribution is 2.44. The van der Waals surface area contributed by atoms with E-state index in [4.69, 9.17) is 11.6 Å². The highest BCUT2D eigenvalue weighted by molar-refractivity contribution is 6.31. The summed E-state index contributed by atoms with van der Waals surface area (Å²) in [5.41, 5.74) is 4.28. The largest absolute Gasteiger partial charge is 0.349 e. The number of halogens is 1. The van der Waals surface area contributed by atoms with E-state index in [2.05, 4.69) is 25.9 Å². The summed E-state index contributed by atoms with van der Waals surface area (Å²) in [5, 5.41) is 9.85. The topological polar surface area (TPSA) is 96.0 Å². The van der Waals surface area contributed by atoms with Gasteiger partial charge in [-0.1, -0.05) is 18.0 Å². The lowest BCUT2D eigenvalue weighted by Crippen LogP contribution is -2.38. The molecule has 2 aromatic carbocycles. The Kier molecular flexibility index (Phi) is 5.21. The average molecular weight is 474 g/mol. The lowest BCUT2D eigenvalue weighted by molar-refractivity contribution is -0.115. The monoisotopic (exact) mass is 473 g/mol. The van der Waals surface area contributed by atoms with Gasteiger partial charge in [0.05, 0.1) is 17.8 Å². The first-order valence-corrected chi connectivity index (χ1v) is 12.0. The van der Waals surface area contributed by atoms with Crippen molar-refractivity contribution in [2.24, 2.45) is 11.8 Å². The zero-order valence-electron chi connectivity index (χ0n) is 18.5. The van der Waals surface area contributed by atoms with Gasteiger partial charge in [0.2, 0.25) is 11.9 Å². The molecule has 7 nitrogen and oxygen atoms in total. The molecule has 172 valence electrons. The van der Waals surface area contributed by atoms with Gasteiger partial charge in [0, 0.05) is 39.6 Å². The fourth-order valence-corrected chi connectivity index (χ4v) is 5.70. The minimum atomic E-state index is -0.133. The molecule has 0 radical (unpaired) electrons. The minimum absolute atomic E-state index is 0.0159. The summed E-state index contributed by atoms with van der Waals surface area (Å²) >= 11 is 6.12. The van der Waals surface area contributed by atoms with Crippen molar-refractivity contribution in [3.63, 3.8) is 0 Å². The smallest absolute Gasteiger partial charge is 0.251 e. The fraction of sp³-hybridized carbons (Fsp3) is 0.308. The number of carbonyl (C=O) groups is 2. The van der Waals surface area contributed by atoms with Crippen LogP contribution in [-0.4, -0.2) is 27.8 Å². The summed E-state index contributed by atoms with van der Waals surface area (Å²) < 4.78 is 0.